The zero-order valence-electron chi connectivity index (χ0n) is 14.5. The minimum Gasteiger partial charge on any atom is -0.375 e. The number of aryl methyl sites for hydroxylation is 1. The molecule has 6 heteroatoms. The first-order valence-electron chi connectivity index (χ1n) is 7.87. The number of amides is 2. The van der Waals surface area contributed by atoms with Crippen molar-refractivity contribution in [2.24, 2.45) is 0 Å². The summed E-state index contributed by atoms with van der Waals surface area (Å²) in [6, 6.07) is 15.1. The number of hydrogen-bond donors (Lipinski definition) is 2. The third-order valence-corrected chi connectivity index (χ3v) is 4.63. The first kappa shape index (κ1) is 19.0. The molecule has 0 saturated carbocycles. The van der Waals surface area contributed by atoms with Gasteiger partial charge in [-0.2, -0.15) is 0 Å². The van der Waals surface area contributed by atoms with Gasteiger partial charge in [-0.1, -0.05) is 36.4 Å². The van der Waals surface area contributed by atoms with Gasteiger partial charge in [-0.25, -0.2) is 0 Å². The molecule has 0 bridgehead atoms. The Balaban J connectivity index is 1.97. The van der Waals surface area contributed by atoms with E-state index >= 15 is 0 Å². The smallest absolute Gasteiger partial charge is 0.313 e. The number of anilines is 1. The minimum atomic E-state index is -0.693. The zero-order valence-corrected chi connectivity index (χ0v) is 15.4. The van der Waals surface area contributed by atoms with Gasteiger partial charge in [0.05, 0.1) is 11.8 Å². The van der Waals surface area contributed by atoms with Gasteiger partial charge in [0.15, 0.2) is 0 Å². The van der Waals surface area contributed by atoms with Crippen molar-refractivity contribution in [3.63, 3.8) is 0 Å². The van der Waals surface area contributed by atoms with Crippen LogP contribution in [-0.4, -0.2) is 31.7 Å². The molecule has 0 fully saturated rings. The highest BCUT2D eigenvalue weighted by molar-refractivity contribution is 7.98. The second kappa shape index (κ2) is 9.25. The first-order chi connectivity index (χ1) is 12.1. The Labute approximate surface area is 152 Å². The van der Waals surface area contributed by atoms with Crippen LogP contribution in [0, 0.1) is 6.92 Å². The summed E-state index contributed by atoms with van der Waals surface area (Å²) >= 11 is 1.50. The Morgan fingerprint density at radius 1 is 1.08 bits per heavy atom. The normalized spacial score (nSPS) is 11.6. The van der Waals surface area contributed by atoms with Crippen LogP contribution in [0.25, 0.3) is 0 Å². The lowest BCUT2D eigenvalue weighted by atomic mass is 10.0. The van der Waals surface area contributed by atoms with Crippen molar-refractivity contribution in [2.75, 3.05) is 25.2 Å². The fourth-order valence-electron chi connectivity index (χ4n) is 2.46. The summed E-state index contributed by atoms with van der Waals surface area (Å²) in [5, 5.41) is 5.28. The largest absolute Gasteiger partial charge is 0.375 e. The van der Waals surface area contributed by atoms with Gasteiger partial charge in [-0.15, -0.1) is 11.8 Å². The lowest BCUT2D eigenvalue weighted by Gasteiger charge is -2.18. The van der Waals surface area contributed by atoms with E-state index in [-0.39, 0.29) is 12.6 Å². The second-order valence-electron chi connectivity index (χ2n) is 5.45. The highest BCUT2D eigenvalue weighted by Gasteiger charge is 2.18. The molecule has 0 unspecified atom stereocenters. The number of ether oxygens (including phenoxy) is 1. The van der Waals surface area contributed by atoms with Crippen LogP contribution in [0.4, 0.5) is 5.69 Å². The fraction of sp³-hybridized carbons (Fsp3) is 0.263. The summed E-state index contributed by atoms with van der Waals surface area (Å²) in [5.74, 6) is -1.38. The molecule has 5 nitrogen and oxygen atoms in total. The molecule has 0 spiro atoms. The van der Waals surface area contributed by atoms with E-state index in [1.54, 1.807) is 13.2 Å². The van der Waals surface area contributed by atoms with E-state index in [1.807, 2.05) is 55.6 Å². The van der Waals surface area contributed by atoms with Crippen molar-refractivity contribution in [1.29, 1.82) is 0 Å². The Morgan fingerprint density at radius 2 is 1.76 bits per heavy atom. The molecule has 2 aromatic rings. The Morgan fingerprint density at radius 3 is 2.44 bits per heavy atom. The Kier molecular flexibility index (Phi) is 7.03. The molecule has 0 saturated heterocycles. The first-order valence-corrected chi connectivity index (χ1v) is 9.09. The van der Waals surface area contributed by atoms with Crippen molar-refractivity contribution in [2.45, 2.75) is 17.9 Å². The van der Waals surface area contributed by atoms with Crippen molar-refractivity contribution >= 4 is 29.3 Å². The van der Waals surface area contributed by atoms with Gasteiger partial charge in [0, 0.05) is 18.6 Å². The van der Waals surface area contributed by atoms with Crippen LogP contribution in [0.5, 0.6) is 0 Å². The zero-order chi connectivity index (χ0) is 18.2. The van der Waals surface area contributed by atoms with E-state index in [2.05, 4.69) is 10.6 Å². The van der Waals surface area contributed by atoms with Crippen LogP contribution in [0.1, 0.15) is 17.2 Å². The molecule has 25 heavy (non-hydrogen) atoms. The molecule has 0 aromatic heterocycles. The van der Waals surface area contributed by atoms with E-state index in [0.29, 0.717) is 5.69 Å². The number of methoxy groups -OCH3 is 1. The van der Waals surface area contributed by atoms with Crippen LogP contribution < -0.4 is 10.6 Å². The molecular weight excluding hydrogens is 336 g/mol. The number of carbonyl (C=O) groups is 2. The lowest BCUT2D eigenvalue weighted by molar-refractivity contribution is -0.136. The maximum Gasteiger partial charge on any atom is 0.313 e. The quantitative estimate of drug-likeness (QED) is 0.615. The van der Waals surface area contributed by atoms with Gasteiger partial charge in [-0.05, 0) is 36.4 Å². The van der Waals surface area contributed by atoms with E-state index in [4.69, 9.17) is 4.74 Å². The fourth-order valence-corrected chi connectivity index (χ4v) is 3.01. The summed E-state index contributed by atoms with van der Waals surface area (Å²) in [5.41, 5.74) is 2.68. The predicted molar refractivity (Wildman–Crippen MR) is 101 cm³/mol. The maximum atomic E-state index is 12.1. The van der Waals surface area contributed by atoms with E-state index in [1.165, 1.54) is 11.8 Å². The molecule has 0 aliphatic carbocycles. The van der Waals surface area contributed by atoms with Crippen LogP contribution in [0.2, 0.25) is 0 Å². The number of nitrogens with one attached hydrogen (secondary N) is 2. The van der Waals surface area contributed by atoms with Gasteiger partial charge in [0.25, 0.3) is 0 Å². The topological polar surface area (TPSA) is 67.4 Å². The summed E-state index contributed by atoms with van der Waals surface area (Å²) in [6.45, 7) is 2.20. The van der Waals surface area contributed by atoms with Crippen molar-refractivity contribution in [1.82, 2.24) is 5.32 Å². The van der Waals surface area contributed by atoms with Gasteiger partial charge < -0.3 is 15.4 Å². The highest BCUT2D eigenvalue weighted by atomic mass is 32.2. The van der Waals surface area contributed by atoms with Crippen molar-refractivity contribution in [3.8, 4) is 0 Å². The number of para-hydroxylation sites is 1. The average molecular weight is 358 g/mol. The molecule has 0 aliphatic rings. The number of benzene rings is 2. The van der Waals surface area contributed by atoms with Crippen LogP contribution in [0.3, 0.4) is 0 Å². The van der Waals surface area contributed by atoms with Crippen molar-refractivity contribution in [3.05, 3.63) is 59.7 Å². The molecule has 2 N–H and O–H groups in total. The van der Waals surface area contributed by atoms with Gasteiger partial charge in [-0.3, -0.25) is 9.59 Å². The number of thioether (sulfide) groups is 1. The average Bonchev–Trinajstić information content (AvgIpc) is 2.63. The molecule has 0 heterocycles. The lowest BCUT2D eigenvalue weighted by Crippen LogP contribution is -2.38. The van der Waals surface area contributed by atoms with E-state index in [9.17, 15) is 9.59 Å². The third kappa shape index (κ3) is 5.08. The maximum absolute atomic E-state index is 12.1. The van der Waals surface area contributed by atoms with Gasteiger partial charge in [0.1, 0.15) is 0 Å². The monoisotopic (exact) mass is 358 g/mol. The van der Waals surface area contributed by atoms with Crippen LogP contribution in [-0.2, 0) is 14.3 Å². The predicted octanol–water partition coefficient (Wildman–Crippen LogP) is 3.16. The minimum absolute atomic E-state index is 0.220. The molecule has 132 valence electrons. The van der Waals surface area contributed by atoms with E-state index in [0.717, 1.165) is 16.0 Å². The summed E-state index contributed by atoms with van der Waals surface area (Å²) in [7, 11) is 1.58. The summed E-state index contributed by atoms with van der Waals surface area (Å²) in [6.07, 6.45) is 1.60. The van der Waals surface area contributed by atoms with Crippen LogP contribution in [0.15, 0.2) is 53.4 Å². The van der Waals surface area contributed by atoms with Crippen molar-refractivity contribution < 1.29 is 14.3 Å². The molecule has 1 atom stereocenters. The molecule has 0 aliphatic heterocycles. The summed E-state index contributed by atoms with van der Waals surface area (Å²) in [4.78, 5) is 25.1. The highest BCUT2D eigenvalue weighted by Crippen LogP contribution is 2.24. The van der Waals surface area contributed by atoms with Crippen LogP contribution >= 0.6 is 11.8 Å². The standard InChI is InChI=1S/C19H22N2O3S/c1-13-8-4-5-9-14(13)16(24-2)12-20-18(22)19(23)21-15-10-6-7-11-17(15)25-3/h4-11,16H,12H2,1-3H3,(H,20,22)(H,21,23)/t16-/m1/s1. The van der Waals surface area contributed by atoms with Gasteiger partial charge >= 0.3 is 11.8 Å². The molecule has 0 radical (unpaired) electrons. The molecular formula is C19H22N2O3S. The Bertz CT molecular complexity index is 749. The second-order valence-corrected chi connectivity index (χ2v) is 6.29. The summed E-state index contributed by atoms with van der Waals surface area (Å²) < 4.78 is 5.45. The number of rotatable bonds is 6. The number of carbonyl (C=O) groups excluding carboxylic acids is 2. The number of hydrogen-bond acceptors (Lipinski definition) is 4. The SMILES string of the molecule is CO[C@H](CNC(=O)C(=O)Nc1ccccc1SC)c1ccccc1C. The third-order valence-electron chi connectivity index (χ3n) is 3.83. The molecule has 2 aromatic carbocycles. The van der Waals surface area contributed by atoms with Gasteiger partial charge in [0.2, 0.25) is 0 Å². The molecule has 2 rings (SSSR count). The molecule has 2 amide bonds. The Hall–Kier alpha value is -2.31. The van der Waals surface area contributed by atoms with E-state index < -0.39 is 11.8 Å².